The van der Waals surface area contributed by atoms with Crippen molar-refractivity contribution in [2.75, 3.05) is 6.61 Å². The number of benzene rings is 3. The molecule has 3 aromatic carbocycles. The lowest BCUT2D eigenvalue weighted by Crippen LogP contribution is -2.53. The Morgan fingerprint density at radius 1 is 0.946 bits per heavy atom. The number of carbonyl (C=O) groups excluding carboxylic acids is 2. The van der Waals surface area contributed by atoms with Gasteiger partial charge >= 0.3 is 0 Å². The molecule has 0 aliphatic heterocycles. The molecule has 1 aliphatic rings. The summed E-state index contributed by atoms with van der Waals surface area (Å²) in [5.41, 5.74) is 1.27. The summed E-state index contributed by atoms with van der Waals surface area (Å²) in [6.45, 7) is -0.303. The van der Waals surface area contributed by atoms with Crippen LogP contribution in [-0.2, 0) is 22.6 Å². The minimum absolute atomic E-state index is 0.0369. The van der Waals surface area contributed by atoms with Crippen LogP contribution < -0.4 is 10.1 Å². The van der Waals surface area contributed by atoms with E-state index >= 15 is 0 Å². The molecular weight excluding hydrogens is 535 g/mol. The molecule has 0 unspecified atom stereocenters. The average Bonchev–Trinajstić information content (AvgIpc) is 2.92. The molecule has 0 heterocycles. The Kier molecular flexibility index (Phi) is 9.71. The number of halogens is 2. The second-order valence-electron chi connectivity index (χ2n) is 9.40. The third-order valence-electron chi connectivity index (χ3n) is 6.70. The van der Waals surface area contributed by atoms with Crippen LogP contribution in [0.2, 0.25) is 0 Å². The molecule has 37 heavy (non-hydrogen) atoms. The molecule has 5 nitrogen and oxygen atoms in total. The van der Waals surface area contributed by atoms with Gasteiger partial charge in [0.15, 0.2) is 6.61 Å². The maximum absolute atomic E-state index is 14.7. The van der Waals surface area contributed by atoms with Crippen LogP contribution in [0.1, 0.15) is 43.2 Å². The van der Waals surface area contributed by atoms with Gasteiger partial charge in [-0.05, 0) is 48.7 Å². The van der Waals surface area contributed by atoms with Gasteiger partial charge in [0.2, 0.25) is 5.91 Å². The van der Waals surface area contributed by atoms with Gasteiger partial charge in [0, 0.05) is 29.0 Å². The molecule has 2 amide bonds. The van der Waals surface area contributed by atoms with Gasteiger partial charge in [0.25, 0.3) is 5.91 Å². The zero-order valence-electron chi connectivity index (χ0n) is 20.7. The van der Waals surface area contributed by atoms with Crippen LogP contribution in [0, 0.1) is 5.82 Å². The molecule has 0 spiro atoms. The second-order valence-corrected chi connectivity index (χ2v) is 10.3. The zero-order chi connectivity index (χ0) is 26.0. The highest BCUT2D eigenvalue weighted by Crippen LogP contribution is 2.21. The SMILES string of the molecule is O=C(NC1CCCCC1)[C@@H](Cc1ccccc1)N(Cc1ccccc1F)C(=O)COc1ccc(Br)cc1. The number of hydrogen-bond donors (Lipinski definition) is 1. The Balaban J connectivity index is 1.61. The predicted molar refractivity (Wildman–Crippen MR) is 146 cm³/mol. The van der Waals surface area contributed by atoms with Gasteiger partial charge in [-0.15, -0.1) is 0 Å². The minimum atomic E-state index is -0.815. The third kappa shape index (κ3) is 7.89. The van der Waals surface area contributed by atoms with E-state index in [1.807, 2.05) is 42.5 Å². The van der Waals surface area contributed by atoms with Gasteiger partial charge in [-0.2, -0.15) is 0 Å². The van der Waals surface area contributed by atoms with Gasteiger partial charge in [-0.25, -0.2) is 4.39 Å². The first-order chi connectivity index (χ1) is 18.0. The Hall–Kier alpha value is -3.19. The van der Waals surface area contributed by atoms with Crippen molar-refractivity contribution >= 4 is 27.7 Å². The van der Waals surface area contributed by atoms with Crippen LogP contribution in [0.25, 0.3) is 0 Å². The normalized spacial score (nSPS) is 14.5. The molecule has 194 valence electrons. The topological polar surface area (TPSA) is 58.6 Å². The maximum atomic E-state index is 14.7. The summed E-state index contributed by atoms with van der Waals surface area (Å²) in [7, 11) is 0. The smallest absolute Gasteiger partial charge is 0.261 e. The van der Waals surface area contributed by atoms with E-state index in [0.29, 0.717) is 17.7 Å². The fourth-order valence-corrected chi connectivity index (χ4v) is 4.93. The van der Waals surface area contributed by atoms with Crippen molar-refractivity contribution in [3.05, 3.63) is 100 Å². The first-order valence-electron chi connectivity index (χ1n) is 12.7. The molecule has 3 aromatic rings. The highest BCUT2D eigenvalue weighted by molar-refractivity contribution is 9.10. The lowest BCUT2D eigenvalue weighted by atomic mass is 9.94. The lowest BCUT2D eigenvalue weighted by molar-refractivity contribution is -0.143. The lowest BCUT2D eigenvalue weighted by Gasteiger charge is -2.33. The number of hydrogen-bond acceptors (Lipinski definition) is 3. The minimum Gasteiger partial charge on any atom is -0.484 e. The summed E-state index contributed by atoms with van der Waals surface area (Å²) in [5.74, 6) is -0.482. The number of amides is 2. The highest BCUT2D eigenvalue weighted by Gasteiger charge is 2.32. The molecule has 1 fully saturated rings. The first kappa shape index (κ1) is 26.9. The van der Waals surface area contributed by atoms with Gasteiger partial charge < -0.3 is 15.0 Å². The molecule has 1 atom stereocenters. The van der Waals surface area contributed by atoms with Gasteiger partial charge in [0.1, 0.15) is 17.6 Å². The number of nitrogens with zero attached hydrogens (tertiary/aromatic N) is 1. The van der Waals surface area contributed by atoms with Crippen molar-refractivity contribution in [3.63, 3.8) is 0 Å². The van der Waals surface area contributed by atoms with E-state index in [0.717, 1.165) is 35.7 Å². The van der Waals surface area contributed by atoms with E-state index < -0.39 is 11.9 Å². The number of rotatable bonds is 10. The second kappa shape index (κ2) is 13.4. The van der Waals surface area contributed by atoms with E-state index in [2.05, 4.69) is 21.2 Å². The first-order valence-corrected chi connectivity index (χ1v) is 13.5. The fourth-order valence-electron chi connectivity index (χ4n) is 4.67. The third-order valence-corrected chi connectivity index (χ3v) is 7.23. The Bertz CT molecular complexity index is 1170. The summed E-state index contributed by atoms with van der Waals surface area (Å²) in [4.78, 5) is 28.8. The maximum Gasteiger partial charge on any atom is 0.261 e. The molecule has 4 rings (SSSR count). The molecule has 0 bridgehead atoms. The van der Waals surface area contributed by atoms with Crippen molar-refractivity contribution in [1.82, 2.24) is 10.2 Å². The number of carbonyl (C=O) groups is 2. The van der Waals surface area contributed by atoms with Gasteiger partial charge in [-0.3, -0.25) is 9.59 Å². The summed E-state index contributed by atoms with van der Waals surface area (Å²) < 4.78 is 21.4. The highest BCUT2D eigenvalue weighted by atomic mass is 79.9. The summed E-state index contributed by atoms with van der Waals surface area (Å²) in [6, 6.07) is 22.4. The van der Waals surface area contributed by atoms with E-state index in [1.54, 1.807) is 30.3 Å². The number of nitrogens with one attached hydrogen (secondary N) is 1. The summed E-state index contributed by atoms with van der Waals surface area (Å²) >= 11 is 3.39. The van der Waals surface area contributed by atoms with Crippen molar-refractivity contribution in [2.45, 2.75) is 57.2 Å². The van der Waals surface area contributed by atoms with Crippen LogP contribution in [0.3, 0.4) is 0 Å². The molecule has 0 aromatic heterocycles. The van der Waals surface area contributed by atoms with Crippen LogP contribution in [-0.4, -0.2) is 35.4 Å². The standard InChI is InChI=1S/C30H32BrFN2O3/c31-24-15-17-26(18-16-24)37-21-29(35)34(20-23-11-7-8-14-27(23)32)28(19-22-9-3-1-4-10-22)30(36)33-25-12-5-2-6-13-25/h1,3-4,7-11,14-18,25,28H,2,5-6,12-13,19-21H2,(H,33,36)/t28-/m1/s1. The Morgan fingerprint density at radius 3 is 2.32 bits per heavy atom. The molecule has 1 N–H and O–H groups in total. The van der Waals surface area contributed by atoms with Crippen LogP contribution in [0.5, 0.6) is 5.75 Å². The van der Waals surface area contributed by atoms with Crippen molar-refractivity contribution in [2.24, 2.45) is 0 Å². The van der Waals surface area contributed by atoms with Crippen molar-refractivity contribution in [3.8, 4) is 5.75 Å². The van der Waals surface area contributed by atoms with Gasteiger partial charge in [0.05, 0.1) is 0 Å². The average molecular weight is 567 g/mol. The van der Waals surface area contributed by atoms with Crippen LogP contribution in [0.15, 0.2) is 83.3 Å². The fraction of sp³-hybridized carbons (Fsp3) is 0.333. The monoisotopic (exact) mass is 566 g/mol. The molecule has 1 saturated carbocycles. The Labute approximate surface area is 226 Å². The Morgan fingerprint density at radius 2 is 1.62 bits per heavy atom. The quantitative estimate of drug-likeness (QED) is 0.324. The van der Waals surface area contributed by atoms with E-state index in [-0.39, 0.29) is 31.0 Å². The predicted octanol–water partition coefficient (Wildman–Crippen LogP) is 6.06. The molecule has 0 saturated heterocycles. The van der Waals surface area contributed by atoms with E-state index in [4.69, 9.17) is 4.74 Å². The molecule has 7 heteroatoms. The van der Waals surface area contributed by atoms with Gasteiger partial charge in [-0.1, -0.05) is 83.7 Å². The molecule has 1 aliphatic carbocycles. The van der Waals surface area contributed by atoms with Crippen molar-refractivity contribution < 1.29 is 18.7 Å². The molecular formula is C30H32BrFN2O3. The summed E-state index contributed by atoms with van der Waals surface area (Å²) in [6.07, 6.45) is 5.50. The van der Waals surface area contributed by atoms with Crippen molar-refractivity contribution in [1.29, 1.82) is 0 Å². The molecule has 0 radical (unpaired) electrons. The van der Waals surface area contributed by atoms with Crippen LogP contribution >= 0.6 is 15.9 Å². The van der Waals surface area contributed by atoms with E-state index in [9.17, 15) is 14.0 Å². The number of ether oxygens (including phenoxy) is 1. The van der Waals surface area contributed by atoms with E-state index in [1.165, 1.54) is 17.4 Å². The largest absolute Gasteiger partial charge is 0.484 e. The van der Waals surface area contributed by atoms with Crippen LogP contribution in [0.4, 0.5) is 4.39 Å². The zero-order valence-corrected chi connectivity index (χ0v) is 22.3. The summed E-state index contributed by atoms with van der Waals surface area (Å²) in [5, 5.41) is 3.18.